The zero-order chi connectivity index (χ0) is 16.2. The van der Waals surface area contributed by atoms with Crippen molar-refractivity contribution in [1.29, 1.82) is 0 Å². The molecule has 2 heterocycles. The Morgan fingerprint density at radius 2 is 1.83 bits per heavy atom. The smallest absolute Gasteiger partial charge is 0.254 e. The first kappa shape index (κ1) is 16.2. The molecule has 0 aliphatic carbocycles. The molecule has 0 bridgehead atoms. The number of aliphatic hydroxyl groups excluding tert-OH is 1. The fraction of sp³-hybridized carbons (Fsp3) is 0.588. The van der Waals surface area contributed by atoms with E-state index in [4.69, 9.17) is 4.74 Å². The van der Waals surface area contributed by atoms with Crippen LogP contribution in [0.5, 0.6) is 0 Å². The number of piperazine rings is 1. The van der Waals surface area contributed by atoms with Gasteiger partial charge in [-0.3, -0.25) is 4.79 Å². The van der Waals surface area contributed by atoms with Crippen LogP contribution in [0.4, 0.5) is 5.69 Å². The highest BCUT2D eigenvalue weighted by Gasteiger charge is 2.22. The number of rotatable bonds is 2. The number of β-amino-alcohol motifs (C(OH)–C–C–N with tert-alkyl or cyclic N) is 1. The molecule has 1 aromatic rings. The topological polar surface area (TPSA) is 56.2 Å². The molecular weight excluding hydrogens is 294 g/mol. The van der Waals surface area contributed by atoms with Crippen molar-refractivity contribution in [1.82, 2.24) is 9.80 Å². The number of nitrogens with zero attached hydrogens (tertiary/aromatic N) is 3. The maximum absolute atomic E-state index is 12.6. The van der Waals surface area contributed by atoms with E-state index < -0.39 is 6.10 Å². The third-order valence-electron chi connectivity index (χ3n) is 4.52. The summed E-state index contributed by atoms with van der Waals surface area (Å²) in [5.74, 6) is -0.0422. The number of likely N-dealkylation sites (N-methyl/N-ethyl adjacent to an activating group) is 1. The molecule has 0 saturated carbocycles. The molecule has 2 aliphatic heterocycles. The zero-order valence-electron chi connectivity index (χ0n) is 13.6. The molecule has 126 valence electrons. The van der Waals surface area contributed by atoms with E-state index in [-0.39, 0.29) is 5.91 Å². The Bertz CT molecular complexity index is 526. The lowest BCUT2D eigenvalue weighted by Gasteiger charge is -2.34. The Hall–Kier alpha value is -1.63. The monoisotopic (exact) mass is 319 g/mol. The van der Waals surface area contributed by atoms with Crippen molar-refractivity contribution in [3.05, 3.63) is 29.8 Å². The van der Waals surface area contributed by atoms with Crippen molar-refractivity contribution in [3.63, 3.8) is 0 Å². The van der Waals surface area contributed by atoms with Crippen LogP contribution in [-0.2, 0) is 4.74 Å². The molecule has 0 aromatic heterocycles. The van der Waals surface area contributed by atoms with E-state index >= 15 is 0 Å². The normalized spacial score (nSPS) is 23.7. The molecule has 1 atom stereocenters. The van der Waals surface area contributed by atoms with Gasteiger partial charge in [-0.25, -0.2) is 0 Å². The number of carbonyl (C=O) groups is 1. The maximum Gasteiger partial charge on any atom is 0.254 e. The fourth-order valence-corrected chi connectivity index (χ4v) is 3.04. The van der Waals surface area contributed by atoms with Gasteiger partial charge in [-0.1, -0.05) is 0 Å². The van der Waals surface area contributed by atoms with Gasteiger partial charge in [0, 0.05) is 50.5 Å². The van der Waals surface area contributed by atoms with E-state index in [0.29, 0.717) is 31.9 Å². The predicted molar refractivity (Wildman–Crippen MR) is 88.9 cm³/mol. The van der Waals surface area contributed by atoms with Crippen LogP contribution in [0.15, 0.2) is 24.3 Å². The SMILES string of the molecule is CN1CCN(c2ccc(C(=O)N3CCOC[C@@H](O)C3)cc2)CC1. The number of benzene rings is 1. The maximum atomic E-state index is 12.6. The van der Waals surface area contributed by atoms with Gasteiger partial charge in [-0.05, 0) is 31.3 Å². The highest BCUT2D eigenvalue weighted by molar-refractivity contribution is 5.94. The molecule has 23 heavy (non-hydrogen) atoms. The lowest BCUT2D eigenvalue weighted by atomic mass is 10.1. The van der Waals surface area contributed by atoms with Crippen LogP contribution >= 0.6 is 0 Å². The molecule has 0 radical (unpaired) electrons. The van der Waals surface area contributed by atoms with E-state index in [1.165, 1.54) is 0 Å². The van der Waals surface area contributed by atoms with Crippen LogP contribution in [0, 0.1) is 0 Å². The molecule has 3 rings (SSSR count). The van der Waals surface area contributed by atoms with E-state index in [2.05, 4.69) is 16.8 Å². The quantitative estimate of drug-likeness (QED) is 0.848. The molecule has 1 aromatic carbocycles. The second-order valence-corrected chi connectivity index (χ2v) is 6.32. The van der Waals surface area contributed by atoms with Crippen LogP contribution in [0.2, 0.25) is 0 Å². The van der Waals surface area contributed by atoms with Gasteiger partial charge in [0.15, 0.2) is 0 Å². The first-order valence-corrected chi connectivity index (χ1v) is 8.22. The molecule has 2 saturated heterocycles. The van der Waals surface area contributed by atoms with E-state index in [0.717, 1.165) is 31.9 Å². The lowest BCUT2D eigenvalue weighted by Crippen LogP contribution is -2.44. The first-order chi connectivity index (χ1) is 11.1. The number of ether oxygens (including phenoxy) is 1. The number of hydrogen-bond acceptors (Lipinski definition) is 5. The van der Waals surface area contributed by atoms with Crippen LogP contribution in [0.1, 0.15) is 10.4 Å². The van der Waals surface area contributed by atoms with Crippen molar-refractivity contribution in [2.45, 2.75) is 6.10 Å². The molecular formula is C17H25N3O3. The minimum absolute atomic E-state index is 0.0422. The molecule has 2 aliphatic rings. The van der Waals surface area contributed by atoms with Crippen molar-refractivity contribution < 1.29 is 14.6 Å². The Kier molecular flexibility index (Phi) is 5.15. The minimum atomic E-state index is -0.605. The third-order valence-corrected chi connectivity index (χ3v) is 4.52. The highest BCUT2D eigenvalue weighted by atomic mass is 16.5. The zero-order valence-corrected chi connectivity index (χ0v) is 13.6. The van der Waals surface area contributed by atoms with Crippen molar-refractivity contribution in [3.8, 4) is 0 Å². The standard InChI is InChI=1S/C17H25N3O3/c1-18-6-8-19(9-7-18)15-4-2-14(3-5-15)17(22)20-10-11-23-13-16(21)12-20/h2-5,16,21H,6-13H2,1H3/t16-/m0/s1. The van der Waals surface area contributed by atoms with Crippen LogP contribution in [0.3, 0.4) is 0 Å². The lowest BCUT2D eigenvalue weighted by molar-refractivity contribution is 0.0534. The van der Waals surface area contributed by atoms with Gasteiger partial charge >= 0.3 is 0 Å². The van der Waals surface area contributed by atoms with Crippen molar-refractivity contribution >= 4 is 11.6 Å². The number of carbonyl (C=O) groups excluding carboxylic acids is 1. The second-order valence-electron chi connectivity index (χ2n) is 6.32. The van der Waals surface area contributed by atoms with Gasteiger partial charge in [-0.2, -0.15) is 0 Å². The Balaban J connectivity index is 1.65. The number of amides is 1. The highest BCUT2D eigenvalue weighted by Crippen LogP contribution is 2.18. The summed E-state index contributed by atoms with van der Waals surface area (Å²) in [6, 6.07) is 7.80. The molecule has 1 N–H and O–H groups in total. The predicted octanol–water partition coefficient (Wildman–Crippen LogP) is 0.272. The minimum Gasteiger partial charge on any atom is -0.389 e. The molecule has 0 spiro atoms. The van der Waals surface area contributed by atoms with Gasteiger partial charge in [0.25, 0.3) is 5.91 Å². The second kappa shape index (κ2) is 7.29. The first-order valence-electron chi connectivity index (χ1n) is 8.22. The van der Waals surface area contributed by atoms with E-state index in [1.54, 1.807) is 4.90 Å². The van der Waals surface area contributed by atoms with E-state index in [1.807, 2.05) is 24.3 Å². The Morgan fingerprint density at radius 1 is 1.13 bits per heavy atom. The summed E-state index contributed by atoms with van der Waals surface area (Å²) in [7, 11) is 2.14. The largest absolute Gasteiger partial charge is 0.389 e. The van der Waals surface area contributed by atoms with Crippen LogP contribution in [-0.4, -0.2) is 86.4 Å². The summed E-state index contributed by atoms with van der Waals surface area (Å²) >= 11 is 0. The number of aliphatic hydroxyl groups is 1. The van der Waals surface area contributed by atoms with E-state index in [9.17, 15) is 9.90 Å². The summed E-state index contributed by atoms with van der Waals surface area (Å²) in [4.78, 5) is 18.9. The molecule has 1 amide bonds. The molecule has 6 nitrogen and oxygen atoms in total. The van der Waals surface area contributed by atoms with Crippen LogP contribution < -0.4 is 4.90 Å². The number of hydrogen-bond donors (Lipinski definition) is 1. The summed E-state index contributed by atoms with van der Waals surface area (Å²) < 4.78 is 5.28. The van der Waals surface area contributed by atoms with Gasteiger partial charge < -0.3 is 24.5 Å². The average Bonchev–Trinajstić information content (AvgIpc) is 2.80. The summed E-state index contributed by atoms with van der Waals surface area (Å²) in [6.45, 7) is 5.78. The van der Waals surface area contributed by atoms with Gasteiger partial charge in [0.1, 0.15) is 0 Å². The number of anilines is 1. The van der Waals surface area contributed by atoms with Gasteiger partial charge in [0.05, 0.1) is 19.3 Å². The summed E-state index contributed by atoms with van der Waals surface area (Å²) in [5.41, 5.74) is 1.82. The van der Waals surface area contributed by atoms with Gasteiger partial charge in [0.2, 0.25) is 0 Å². The average molecular weight is 319 g/mol. The third kappa shape index (κ3) is 4.02. The summed E-state index contributed by atoms with van der Waals surface area (Å²) in [5, 5.41) is 9.76. The van der Waals surface area contributed by atoms with Crippen LogP contribution in [0.25, 0.3) is 0 Å². The van der Waals surface area contributed by atoms with Gasteiger partial charge in [-0.15, -0.1) is 0 Å². The van der Waals surface area contributed by atoms with Crippen molar-refractivity contribution in [2.75, 3.05) is 64.4 Å². The molecule has 2 fully saturated rings. The molecule has 0 unspecified atom stereocenters. The summed E-state index contributed by atoms with van der Waals surface area (Å²) in [6.07, 6.45) is -0.605. The fourth-order valence-electron chi connectivity index (χ4n) is 3.04. The molecule has 6 heteroatoms. The van der Waals surface area contributed by atoms with Crippen molar-refractivity contribution in [2.24, 2.45) is 0 Å². The Morgan fingerprint density at radius 3 is 2.52 bits per heavy atom. The Labute approximate surface area is 137 Å².